The average Bonchev–Trinajstić information content (AvgIpc) is 2.76. The van der Waals surface area contributed by atoms with E-state index in [9.17, 15) is 4.39 Å². The van der Waals surface area contributed by atoms with Gasteiger partial charge in [-0.1, -0.05) is 5.21 Å². The first kappa shape index (κ1) is 12.3. The van der Waals surface area contributed by atoms with Gasteiger partial charge in [0.05, 0.1) is 13.2 Å². The van der Waals surface area contributed by atoms with Crippen molar-refractivity contribution in [1.29, 1.82) is 0 Å². The molecule has 0 spiro atoms. The first-order valence-electron chi connectivity index (χ1n) is 5.70. The molecule has 6 heteroatoms. The summed E-state index contributed by atoms with van der Waals surface area (Å²) in [6.07, 6.45) is 1.80. The van der Waals surface area contributed by atoms with E-state index in [0.717, 1.165) is 5.69 Å². The third-order valence-corrected chi connectivity index (χ3v) is 2.36. The van der Waals surface area contributed by atoms with Crippen molar-refractivity contribution in [2.75, 3.05) is 11.9 Å². The fourth-order valence-electron chi connectivity index (χ4n) is 1.55. The van der Waals surface area contributed by atoms with Gasteiger partial charge in [-0.3, -0.25) is 4.68 Å². The number of ether oxygens (including phenoxy) is 1. The van der Waals surface area contributed by atoms with E-state index in [2.05, 4.69) is 15.6 Å². The molecule has 96 valence electrons. The van der Waals surface area contributed by atoms with Crippen molar-refractivity contribution in [3.8, 4) is 5.75 Å². The number of aryl methyl sites for hydroxylation is 1. The molecule has 0 saturated heterocycles. The van der Waals surface area contributed by atoms with Crippen molar-refractivity contribution >= 4 is 5.69 Å². The zero-order chi connectivity index (χ0) is 13.0. The van der Waals surface area contributed by atoms with Gasteiger partial charge in [0.2, 0.25) is 0 Å². The molecule has 1 heterocycles. The molecular weight excluding hydrogens is 235 g/mol. The van der Waals surface area contributed by atoms with Crippen molar-refractivity contribution in [1.82, 2.24) is 15.0 Å². The minimum Gasteiger partial charge on any atom is -0.491 e. The third-order valence-electron chi connectivity index (χ3n) is 2.36. The van der Waals surface area contributed by atoms with Gasteiger partial charge in [-0.15, -0.1) is 5.10 Å². The fourth-order valence-corrected chi connectivity index (χ4v) is 1.55. The molecule has 18 heavy (non-hydrogen) atoms. The van der Waals surface area contributed by atoms with Crippen LogP contribution < -0.4 is 10.1 Å². The Labute approximate surface area is 105 Å². The second-order valence-electron chi connectivity index (χ2n) is 3.82. The Morgan fingerprint density at radius 1 is 1.44 bits per heavy atom. The maximum atomic E-state index is 13.6. The normalized spacial score (nSPS) is 10.4. The molecule has 1 N–H and O–H groups in total. The van der Waals surface area contributed by atoms with Crippen molar-refractivity contribution in [2.45, 2.75) is 13.5 Å². The maximum Gasteiger partial charge on any atom is 0.167 e. The standard InChI is InChI=1S/C12H15FN4O/c1-3-18-12-5-4-9(6-11(12)13)14-7-10-8-17(2)16-15-10/h4-6,8,14H,3,7H2,1-2H3. The average molecular weight is 250 g/mol. The van der Waals surface area contributed by atoms with E-state index >= 15 is 0 Å². The Morgan fingerprint density at radius 3 is 2.89 bits per heavy atom. The number of nitrogens with one attached hydrogen (secondary N) is 1. The molecule has 0 unspecified atom stereocenters. The third kappa shape index (κ3) is 2.97. The van der Waals surface area contributed by atoms with Gasteiger partial charge in [0.25, 0.3) is 0 Å². The fraction of sp³-hybridized carbons (Fsp3) is 0.333. The van der Waals surface area contributed by atoms with Gasteiger partial charge >= 0.3 is 0 Å². The van der Waals surface area contributed by atoms with Crippen LogP contribution in [0.3, 0.4) is 0 Å². The number of anilines is 1. The van der Waals surface area contributed by atoms with Gasteiger partial charge in [0.1, 0.15) is 5.69 Å². The van der Waals surface area contributed by atoms with Crippen LogP contribution in [0, 0.1) is 5.82 Å². The molecule has 0 fully saturated rings. The molecule has 0 aliphatic carbocycles. The minimum atomic E-state index is -0.374. The van der Waals surface area contributed by atoms with E-state index in [4.69, 9.17) is 4.74 Å². The predicted octanol–water partition coefficient (Wildman–Crippen LogP) is 1.96. The van der Waals surface area contributed by atoms with Crippen LogP contribution in [0.25, 0.3) is 0 Å². The van der Waals surface area contributed by atoms with E-state index in [1.165, 1.54) is 6.07 Å². The first-order chi connectivity index (χ1) is 8.69. The number of hydrogen-bond donors (Lipinski definition) is 1. The van der Waals surface area contributed by atoms with E-state index in [0.29, 0.717) is 18.8 Å². The number of hydrogen-bond acceptors (Lipinski definition) is 4. The lowest BCUT2D eigenvalue weighted by Crippen LogP contribution is -2.01. The molecule has 0 bridgehead atoms. The SMILES string of the molecule is CCOc1ccc(NCc2cn(C)nn2)cc1F. The summed E-state index contributed by atoms with van der Waals surface area (Å²) >= 11 is 0. The van der Waals surface area contributed by atoms with Gasteiger partial charge in [-0.2, -0.15) is 0 Å². The molecule has 2 rings (SSSR count). The summed E-state index contributed by atoms with van der Waals surface area (Å²) in [5.41, 5.74) is 1.48. The van der Waals surface area contributed by atoms with Crippen LogP contribution in [0.2, 0.25) is 0 Å². The highest BCUT2D eigenvalue weighted by Crippen LogP contribution is 2.21. The number of rotatable bonds is 5. The summed E-state index contributed by atoms with van der Waals surface area (Å²) in [6, 6.07) is 4.78. The van der Waals surface area contributed by atoms with Crippen molar-refractivity contribution in [3.05, 3.63) is 35.9 Å². The van der Waals surface area contributed by atoms with Gasteiger partial charge < -0.3 is 10.1 Å². The van der Waals surface area contributed by atoms with Gasteiger partial charge in [-0.05, 0) is 19.1 Å². The molecule has 0 aliphatic rings. The summed E-state index contributed by atoms with van der Waals surface area (Å²) in [5.74, 6) is -0.108. The maximum absolute atomic E-state index is 13.6. The summed E-state index contributed by atoms with van der Waals surface area (Å²) in [5, 5.41) is 10.8. The Morgan fingerprint density at radius 2 is 2.28 bits per heavy atom. The Hall–Kier alpha value is -2.11. The Bertz CT molecular complexity index is 527. The van der Waals surface area contributed by atoms with Crippen LogP contribution in [0.5, 0.6) is 5.75 Å². The highest BCUT2D eigenvalue weighted by atomic mass is 19.1. The number of nitrogens with zero attached hydrogens (tertiary/aromatic N) is 3. The first-order valence-corrected chi connectivity index (χ1v) is 5.70. The van der Waals surface area contributed by atoms with Gasteiger partial charge in [0.15, 0.2) is 11.6 Å². The summed E-state index contributed by atoms with van der Waals surface area (Å²) < 4.78 is 20.3. The molecular formula is C12H15FN4O. The Balaban J connectivity index is 1.99. The quantitative estimate of drug-likeness (QED) is 0.881. The van der Waals surface area contributed by atoms with E-state index < -0.39 is 0 Å². The van der Waals surface area contributed by atoms with Crippen LogP contribution in [-0.2, 0) is 13.6 Å². The van der Waals surface area contributed by atoms with Crippen LogP contribution >= 0.6 is 0 Å². The lowest BCUT2D eigenvalue weighted by molar-refractivity contribution is 0.321. The minimum absolute atomic E-state index is 0.266. The number of halogens is 1. The Kier molecular flexibility index (Phi) is 3.76. The van der Waals surface area contributed by atoms with Crippen molar-refractivity contribution in [2.24, 2.45) is 7.05 Å². The molecule has 1 aromatic heterocycles. The number of benzene rings is 1. The highest BCUT2D eigenvalue weighted by Gasteiger charge is 2.04. The van der Waals surface area contributed by atoms with Crippen LogP contribution in [0.4, 0.5) is 10.1 Å². The molecule has 0 aliphatic heterocycles. The second-order valence-corrected chi connectivity index (χ2v) is 3.82. The monoisotopic (exact) mass is 250 g/mol. The molecule has 0 atom stereocenters. The lowest BCUT2D eigenvalue weighted by Gasteiger charge is -2.08. The van der Waals surface area contributed by atoms with Crippen LogP contribution in [0.1, 0.15) is 12.6 Å². The predicted molar refractivity (Wildman–Crippen MR) is 65.9 cm³/mol. The van der Waals surface area contributed by atoms with Gasteiger partial charge in [-0.25, -0.2) is 4.39 Å². The second kappa shape index (κ2) is 5.48. The molecule has 0 amide bonds. The van der Waals surface area contributed by atoms with Crippen molar-refractivity contribution < 1.29 is 9.13 Å². The summed E-state index contributed by atoms with van der Waals surface area (Å²) in [4.78, 5) is 0. The summed E-state index contributed by atoms with van der Waals surface area (Å²) in [7, 11) is 1.80. The zero-order valence-corrected chi connectivity index (χ0v) is 10.4. The van der Waals surface area contributed by atoms with E-state index in [-0.39, 0.29) is 11.6 Å². The number of aromatic nitrogens is 3. The summed E-state index contributed by atoms with van der Waals surface area (Å²) in [6.45, 7) is 2.77. The zero-order valence-electron chi connectivity index (χ0n) is 10.4. The van der Waals surface area contributed by atoms with E-state index in [1.807, 2.05) is 6.92 Å². The molecule has 1 aromatic carbocycles. The van der Waals surface area contributed by atoms with Crippen molar-refractivity contribution in [3.63, 3.8) is 0 Å². The molecule has 2 aromatic rings. The smallest absolute Gasteiger partial charge is 0.167 e. The van der Waals surface area contributed by atoms with Gasteiger partial charge in [0, 0.05) is 25.0 Å². The largest absolute Gasteiger partial charge is 0.491 e. The van der Waals surface area contributed by atoms with E-state index in [1.54, 1.807) is 30.1 Å². The topological polar surface area (TPSA) is 52.0 Å². The lowest BCUT2D eigenvalue weighted by atomic mass is 10.3. The molecule has 0 saturated carbocycles. The highest BCUT2D eigenvalue weighted by molar-refractivity contribution is 5.47. The van der Waals surface area contributed by atoms with Crippen LogP contribution in [-0.4, -0.2) is 21.6 Å². The molecule has 0 radical (unpaired) electrons. The molecule has 5 nitrogen and oxygen atoms in total. The van der Waals surface area contributed by atoms with Crippen LogP contribution in [0.15, 0.2) is 24.4 Å².